The van der Waals surface area contributed by atoms with Gasteiger partial charge in [-0.3, -0.25) is 4.79 Å². The van der Waals surface area contributed by atoms with Gasteiger partial charge in [-0.15, -0.1) is 0 Å². The summed E-state index contributed by atoms with van der Waals surface area (Å²) in [5.41, 5.74) is 6.24. The number of benzene rings is 1. The monoisotopic (exact) mass is 246 g/mol. The SMILES string of the molecule is Nc1ccc(OCCNC(=O)c2ccco2)cc1. The molecule has 94 valence electrons. The van der Waals surface area contributed by atoms with Crippen molar-refractivity contribution in [1.82, 2.24) is 5.32 Å². The molecule has 5 nitrogen and oxygen atoms in total. The van der Waals surface area contributed by atoms with Crippen molar-refractivity contribution >= 4 is 11.6 Å². The van der Waals surface area contributed by atoms with E-state index in [9.17, 15) is 4.79 Å². The second-order valence-corrected chi connectivity index (χ2v) is 3.65. The first kappa shape index (κ1) is 12.0. The summed E-state index contributed by atoms with van der Waals surface area (Å²) in [6, 6.07) is 10.4. The molecular formula is C13H14N2O3. The van der Waals surface area contributed by atoms with Crippen molar-refractivity contribution in [3.05, 3.63) is 48.4 Å². The number of nitrogen functional groups attached to an aromatic ring is 1. The van der Waals surface area contributed by atoms with Gasteiger partial charge < -0.3 is 20.2 Å². The van der Waals surface area contributed by atoms with E-state index in [1.54, 1.807) is 36.4 Å². The molecule has 0 atom stereocenters. The Balaban J connectivity index is 1.70. The first-order chi connectivity index (χ1) is 8.75. The summed E-state index contributed by atoms with van der Waals surface area (Å²) in [6.45, 7) is 0.792. The smallest absolute Gasteiger partial charge is 0.287 e. The molecule has 2 aromatic rings. The average Bonchev–Trinajstić information content (AvgIpc) is 2.90. The predicted molar refractivity (Wildman–Crippen MR) is 67.4 cm³/mol. The van der Waals surface area contributed by atoms with Crippen molar-refractivity contribution in [3.63, 3.8) is 0 Å². The third-order valence-corrected chi connectivity index (χ3v) is 2.28. The Morgan fingerprint density at radius 3 is 2.72 bits per heavy atom. The van der Waals surface area contributed by atoms with Gasteiger partial charge in [-0.2, -0.15) is 0 Å². The van der Waals surface area contributed by atoms with Crippen LogP contribution in [0.4, 0.5) is 5.69 Å². The summed E-state index contributed by atoms with van der Waals surface area (Å²) in [4.78, 5) is 11.5. The summed E-state index contributed by atoms with van der Waals surface area (Å²) in [7, 11) is 0. The Hall–Kier alpha value is -2.43. The van der Waals surface area contributed by atoms with Gasteiger partial charge in [0.15, 0.2) is 5.76 Å². The van der Waals surface area contributed by atoms with Gasteiger partial charge in [0, 0.05) is 5.69 Å². The molecular weight excluding hydrogens is 232 g/mol. The number of ether oxygens (including phenoxy) is 1. The number of nitrogens with two attached hydrogens (primary N) is 1. The van der Waals surface area contributed by atoms with Crippen LogP contribution in [0.5, 0.6) is 5.75 Å². The van der Waals surface area contributed by atoms with E-state index in [-0.39, 0.29) is 5.91 Å². The summed E-state index contributed by atoms with van der Waals surface area (Å²) in [6.07, 6.45) is 1.46. The van der Waals surface area contributed by atoms with E-state index in [4.69, 9.17) is 14.9 Å². The number of nitrogens with one attached hydrogen (secondary N) is 1. The first-order valence-corrected chi connectivity index (χ1v) is 5.56. The van der Waals surface area contributed by atoms with Crippen molar-refractivity contribution in [2.45, 2.75) is 0 Å². The summed E-state index contributed by atoms with van der Waals surface area (Å²) < 4.78 is 10.4. The number of anilines is 1. The molecule has 0 fully saturated rings. The van der Waals surface area contributed by atoms with Crippen LogP contribution in [0.15, 0.2) is 47.1 Å². The highest BCUT2D eigenvalue weighted by atomic mass is 16.5. The van der Waals surface area contributed by atoms with Gasteiger partial charge in [-0.1, -0.05) is 0 Å². The highest BCUT2D eigenvalue weighted by Gasteiger charge is 2.06. The number of carbonyl (C=O) groups is 1. The van der Waals surface area contributed by atoms with Gasteiger partial charge in [-0.05, 0) is 36.4 Å². The molecule has 0 saturated heterocycles. The Labute approximate surface area is 105 Å². The van der Waals surface area contributed by atoms with Crippen LogP contribution in [0, 0.1) is 0 Å². The molecule has 5 heteroatoms. The molecule has 1 amide bonds. The molecule has 0 aliphatic carbocycles. The number of rotatable bonds is 5. The molecule has 0 aliphatic rings. The molecule has 1 heterocycles. The van der Waals surface area contributed by atoms with Gasteiger partial charge in [0.05, 0.1) is 12.8 Å². The van der Waals surface area contributed by atoms with Gasteiger partial charge in [0.25, 0.3) is 5.91 Å². The van der Waals surface area contributed by atoms with Gasteiger partial charge in [0.1, 0.15) is 12.4 Å². The van der Waals surface area contributed by atoms with Gasteiger partial charge in [-0.25, -0.2) is 0 Å². The van der Waals surface area contributed by atoms with Crippen LogP contribution in [0.25, 0.3) is 0 Å². The van der Waals surface area contributed by atoms with Gasteiger partial charge >= 0.3 is 0 Å². The largest absolute Gasteiger partial charge is 0.492 e. The lowest BCUT2D eigenvalue weighted by Gasteiger charge is -2.07. The molecule has 0 bridgehead atoms. The zero-order valence-electron chi connectivity index (χ0n) is 9.76. The van der Waals surface area contributed by atoms with Crippen LogP contribution < -0.4 is 15.8 Å². The van der Waals surface area contributed by atoms with E-state index in [2.05, 4.69) is 5.32 Å². The fourth-order valence-corrected chi connectivity index (χ4v) is 1.39. The molecule has 0 saturated carbocycles. The highest BCUT2D eigenvalue weighted by molar-refractivity contribution is 5.91. The summed E-state index contributed by atoms with van der Waals surface area (Å²) in [5.74, 6) is 0.764. The minimum absolute atomic E-state index is 0.249. The number of hydrogen-bond acceptors (Lipinski definition) is 4. The molecule has 0 unspecified atom stereocenters. The maximum atomic E-state index is 11.5. The molecule has 0 radical (unpaired) electrons. The number of amides is 1. The Bertz CT molecular complexity index is 491. The van der Waals surface area contributed by atoms with Crippen LogP contribution in [-0.4, -0.2) is 19.1 Å². The maximum absolute atomic E-state index is 11.5. The molecule has 0 aliphatic heterocycles. The normalized spacial score (nSPS) is 10.0. The lowest BCUT2D eigenvalue weighted by molar-refractivity contribution is 0.0919. The number of carbonyl (C=O) groups excluding carboxylic acids is 1. The van der Waals surface area contributed by atoms with E-state index >= 15 is 0 Å². The molecule has 1 aromatic carbocycles. The van der Waals surface area contributed by atoms with E-state index in [1.165, 1.54) is 6.26 Å². The van der Waals surface area contributed by atoms with Gasteiger partial charge in [0.2, 0.25) is 0 Å². The van der Waals surface area contributed by atoms with E-state index in [0.717, 1.165) is 5.75 Å². The molecule has 0 spiro atoms. The highest BCUT2D eigenvalue weighted by Crippen LogP contribution is 2.12. The van der Waals surface area contributed by atoms with Crippen molar-refractivity contribution in [2.75, 3.05) is 18.9 Å². The van der Waals surface area contributed by atoms with Crippen LogP contribution >= 0.6 is 0 Å². The first-order valence-electron chi connectivity index (χ1n) is 5.56. The average molecular weight is 246 g/mol. The zero-order valence-corrected chi connectivity index (χ0v) is 9.76. The van der Waals surface area contributed by atoms with E-state index < -0.39 is 0 Å². The lowest BCUT2D eigenvalue weighted by atomic mass is 10.3. The van der Waals surface area contributed by atoms with Crippen molar-refractivity contribution in [2.24, 2.45) is 0 Å². The quantitative estimate of drug-likeness (QED) is 0.621. The topological polar surface area (TPSA) is 77.5 Å². The minimum atomic E-state index is -0.249. The number of hydrogen-bond donors (Lipinski definition) is 2. The summed E-state index contributed by atoms with van der Waals surface area (Å²) >= 11 is 0. The van der Waals surface area contributed by atoms with E-state index in [0.29, 0.717) is 24.6 Å². The molecule has 18 heavy (non-hydrogen) atoms. The molecule has 1 aromatic heterocycles. The number of furan rings is 1. The van der Waals surface area contributed by atoms with Crippen molar-refractivity contribution in [3.8, 4) is 5.75 Å². The fraction of sp³-hybridized carbons (Fsp3) is 0.154. The Kier molecular flexibility index (Phi) is 3.86. The van der Waals surface area contributed by atoms with Crippen LogP contribution in [0.3, 0.4) is 0 Å². The third-order valence-electron chi connectivity index (χ3n) is 2.28. The molecule has 2 rings (SSSR count). The van der Waals surface area contributed by atoms with Crippen LogP contribution in [0.2, 0.25) is 0 Å². The Morgan fingerprint density at radius 2 is 2.06 bits per heavy atom. The van der Waals surface area contributed by atoms with Crippen molar-refractivity contribution < 1.29 is 13.9 Å². The van der Waals surface area contributed by atoms with Crippen molar-refractivity contribution in [1.29, 1.82) is 0 Å². The summed E-state index contributed by atoms with van der Waals surface area (Å²) in [5, 5.41) is 2.68. The molecule has 3 N–H and O–H groups in total. The second kappa shape index (κ2) is 5.77. The second-order valence-electron chi connectivity index (χ2n) is 3.65. The van der Waals surface area contributed by atoms with Crippen LogP contribution in [0.1, 0.15) is 10.6 Å². The standard InChI is InChI=1S/C13H14N2O3/c14-10-3-5-11(6-4-10)17-9-7-15-13(16)12-2-1-8-18-12/h1-6,8H,7,9,14H2,(H,15,16). The zero-order chi connectivity index (χ0) is 12.8. The minimum Gasteiger partial charge on any atom is -0.492 e. The Morgan fingerprint density at radius 1 is 1.28 bits per heavy atom. The maximum Gasteiger partial charge on any atom is 0.287 e. The van der Waals surface area contributed by atoms with Crippen LogP contribution in [-0.2, 0) is 0 Å². The van der Waals surface area contributed by atoms with E-state index in [1.807, 2.05) is 0 Å². The fourth-order valence-electron chi connectivity index (χ4n) is 1.39. The predicted octanol–water partition coefficient (Wildman–Crippen LogP) is 1.67. The lowest BCUT2D eigenvalue weighted by Crippen LogP contribution is -2.27. The third kappa shape index (κ3) is 3.28.